The monoisotopic (exact) mass is 272 g/mol. The van der Waals surface area contributed by atoms with Crippen molar-refractivity contribution < 1.29 is 4.79 Å². The molecule has 5 nitrogen and oxygen atoms in total. The van der Waals surface area contributed by atoms with E-state index in [9.17, 15) is 4.79 Å². The molecule has 1 amide bonds. The second-order valence-electron chi connectivity index (χ2n) is 5.25. The first-order valence-electron chi connectivity index (χ1n) is 6.60. The van der Waals surface area contributed by atoms with Crippen LogP contribution >= 0.6 is 0 Å². The molecular formula is C15H20N4O. The summed E-state index contributed by atoms with van der Waals surface area (Å²) in [5, 5.41) is 6.91. The maximum absolute atomic E-state index is 12.5. The van der Waals surface area contributed by atoms with Gasteiger partial charge in [-0.15, -0.1) is 0 Å². The third kappa shape index (κ3) is 2.52. The Morgan fingerprint density at radius 1 is 1.30 bits per heavy atom. The van der Waals surface area contributed by atoms with Gasteiger partial charge in [0.05, 0.1) is 11.4 Å². The van der Waals surface area contributed by atoms with Gasteiger partial charge >= 0.3 is 0 Å². The van der Waals surface area contributed by atoms with E-state index in [1.807, 2.05) is 45.0 Å². The molecule has 2 rings (SSSR count). The number of nitrogen functional groups attached to an aromatic ring is 1. The number of rotatable bonds is 3. The predicted molar refractivity (Wildman–Crippen MR) is 81.0 cm³/mol. The van der Waals surface area contributed by atoms with Gasteiger partial charge < -0.3 is 10.6 Å². The third-order valence-electron chi connectivity index (χ3n) is 3.34. The number of anilines is 2. The molecule has 0 saturated heterocycles. The first kappa shape index (κ1) is 14.1. The Bertz CT molecular complexity index is 613. The summed E-state index contributed by atoms with van der Waals surface area (Å²) in [5.74, 6) is -0.0109. The van der Waals surface area contributed by atoms with Crippen molar-refractivity contribution >= 4 is 17.3 Å². The van der Waals surface area contributed by atoms with E-state index in [-0.39, 0.29) is 17.5 Å². The number of benzene rings is 1. The van der Waals surface area contributed by atoms with Crippen molar-refractivity contribution in [3.8, 4) is 0 Å². The summed E-state index contributed by atoms with van der Waals surface area (Å²) in [5.41, 5.74) is 9.47. The lowest BCUT2D eigenvalue weighted by Gasteiger charge is -2.16. The number of H-pyrrole nitrogens is 1. The molecule has 5 heteroatoms. The van der Waals surface area contributed by atoms with Gasteiger partial charge in [0, 0.05) is 12.7 Å². The molecule has 0 saturated carbocycles. The number of hydrogen-bond donors (Lipinski definition) is 2. The zero-order chi connectivity index (χ0) is 14.9. The molecule has 1 aromatic heterocycles. The fourth-order valence-corrected chi connectivity index (χ4v) is 2.01. The minimum atomic E-state index is -0.213. The Morgan fingerprint density at radius 3 is 2.40 bits per heavy atom. The largest absolute Gasteiger partial charge is 0.395 e. The average molecular weight is 272 g/mol. The van der Waals surface area contributed by atoms with E-state index in [0.717, 1.165) is 16.9 Å². The zero-order valence-electron chi connectivity index (χ0n) is 12.3. The van der Waals surface area contributed by atoms with Crippen molar-refractivity contribution in [1.29, 1.82) is 0 Å². The topological polar surface area (TPSA) is 75.0 Å². The van der Waals surface area contributed by atoms with Gasteiger partial charge in [0.1, 0.15) is 0 Å². The van der Waals surface area contributed by atoms with Gasteiger partial charge in [0.25, 0.3) is 5.91 Å². The van der Waals surface area contributed by atoms with Gasteiger partial charge in [-0.25, -0.2) is 0 Å². The first-order valence-corrected chi connectivity index (χ1v) is 6.60. The van der Waals surface area contributed by atoms with E-state index in [0.29, 0.717) is 5.69 Å². The number of carbonyl (C=O) groups excluding carboxylic acids is 1. The third-order valence-corrected chi connectivity index (χ3v) is 3.34. The van der Waals surface area contributed by atoms with Crippen LogP contribution in [0.1, 0.15) is 41.5 Å². The van der Waals surface area contributed by atoms with Crippen LogP contribution in [-0.2, 0) is 0 Å². The first-order chi connectivity index (χ1) is 9.41. The lowest BCUT2D eigenvalue weighted by atomic mass is 10.1. The molecular weight excluding hydrogens is 252 g/mol. The van der Waals surface area contributed by atoms with Gasteiger partial charge in [0.2, 0.25) is 0 Å². The van der Waals surface area contributed by atoms with Crippen LogP contribution < -0.4 is 10.6 Å². The fraction of sp³-hybridized carbons (Fsp3) is 0.333. The lowest BCUT2D eigenvalue weighted by molar-refractivity contribution is 0.0989. The summed E-state index contributed by atoms with van der Waals surface area (Å²) in [7, 11) is 1.72. The number of carbonyl (C=O) groups is 1. The predicted octanol–water partition coefficient (Wildman–Crippen LogP) is 2.70. The van der Waals surface area contributed by atoms with E-state index >= 15 is 0 Å². The summed E-state index contributed by atoms with van der Waals surface area (Å²) in [6.07, 6.45) is 0. The molecule has 0 fully saturated rings. The molecule has 3 N–H and O–H groups in total. The highest BCUT2D eigenvalue weighted by Crippen LogP contribution is 2.24. The summed E-state index contributed by atoms with van der Waals surface area (Å²) >= 11 is 0. The number of nitrogens with one attached hydrogen (secondary N) is 1. The minimum absolute atomic E-state index is 0.203. The Kier molecular flexibility index (Phi) is 3.79. The second kappa shape index (κ2) is 5.36. The molecule has 0 spiro atoms. The highest BCUT2D eigenvalue weighted by Gasteiger charge is 2.22. The van der Waals surface area contributed by atoms with Crippen LogP contribution in [-0.4, -0.2) is 23.2 Å². The van der Waals surface area contributed by atoms with Crippen LogP contribution in [0.5, 0.6) is 0 Å². The summed E-state index contributed by atoms with van der Waals surface area (Å²) < 4.78 is 0. The Labute approximate surface area is 118 Å². The number of aromatic amines is 1. The standard InChI is InChI=1S/C15H20N4O/c1-9(2)13-12(16)14(18-17-13)15(20)19(4)11-7-5-10(3)6-8-11/h5-9H,16H2,1-4H3,(H,17,18). The van der Waals surface area contributed by atoms with E-state index in [1.165, 1.54) is 0 Å². The van der Waals surface area contributed by atoms with E-state index in [4.69, 9.17) is 5.73 Å². The van der Waals surface area contributed by atoms with Crippen LogP contribution in [0.4, 0.5) is 11.4 Å². The van der Waals surface area contributed by atoms with Crippen LogP contribution in [0, 0.1) is 6.92 Å². The quantitative estimate of drug-likeness (QED) is 0.902. The van der Waals surface area contributed by atoms with Crippen molar-refractivity contribution in [2.24, 2.45) is 0 Å². The number of aryl methyl sites for hydroxylation is 1. The molecule has 0 aliphatic carbocycles. The summed E-state index contributed by atoms with van der Waals surface area (Å²) in [6, 6.07) is 7.73. The van der Waals surface area contributed by atoms with Crippen molar-refractivity contribution in [2.45, 2.75) is 26.7 Å². The molecule has 2 aromatic rings. The maximum atomic E-state index is 12.5. The fourth-order valence-electron chi connectivity index (χ4n) is 2.01. The zero-order valence-corrected chi connectivity index (χ0v) is 12.3. The molecule has 106 valence electrons. The van der Waals surface area contributed by atoms with E-state index in [2.05, 4.69) is 10.2 Å². The number of nitrogens with zero attached hydrogens (tertiary/aromatic N) is 2. The summed E-state index contributed by atoms with van der Waals surface area (Å²) in [6.45, 7) is 6.01. The highest BCUT2D eigenvalue weighted by atomic mass is 16.2. The molecule has 1 aromatic carbocycles. The lowest BCUT2D eigenvalue weighted by Crippen LogP contribution is -2.27. The van der Waals surface area contributed by atoms with Crippen molar-refractivity contribution in [3.63, 3.8) is 0 Å². The maximum Gasteiger partial charge on any atom is 0.280 e. The van der Waals surface area contributed by atoms with Crippen molar-refractivity contribution in [3.05, 3.63) is 41.2 Å². The molecule has 0 bridgehead atoms. The number of nitrogens with two attached hydrogens (primary N) is 1. The number of amides is 1. The molecule has 0 unspecified atom stereocenters. The average Bonchev–Trinajstić information content (AvgIpc) is 2.80. The molecule has 20 heavy (non-hydrogen) atoms. The minimum Gasteiger partial charge on any atom is -0.395 e. The number of hydrogen-bond acceptors (Lipinski definition) is 3. The van der Waals surface area contributed by atoms with Crippen LogP contribution in [0.15, 0.2) is 24.3 Å². The smallest absolute Gasteiger partial charge is 0.280 e. The van der Waals surface area contributed by atoms with Crippen LogP contribution in [0.25, 0.3) is 0 Å². The van der Waals surface area contributed by atoms with Crippen LogP contribution in [0.2, 0.25) is 0 Å². The second-order valence-corrected chi connectivity index (χ2v) is 5.25. The molecule has 0 atom stereocenters. The van der Waals surface area contributed by atoms with Crippen molar-refractivity contribution in [2.75, 3.05) is 17.7 Å². The van der Waals surface area contributed by atoms with Gasteiger partial charge in [-0.05, 0) is 25.0 Å². The van der Waals surface area contributed by atoms with Gasteiger partial charge in [0.15, 0.2) is 5.69 Å². The molecule has 0 radical (unpaired) electrons. The Morgan fingerprint density at radius 2 is 1.90 bits per heavy atom. The van der Waals surface area contributed by atoms with Gasteiger partial charge in [-0.3, -0.25) is 9.89 Å². The highest BCUT2D eigenvalue weighted by molar-refractivity contribution is 6.07. The number of aromatic nitrogens is 2. The van der Waals surface area contributed by atoms with E-state index in [1.54, 1.807) is 11.9 Å². The Balaban J connectivity index is 2.29. The molecule has 0 aliphatic heterocycles. The normalized spacial score (nSPS) is 10.8. The van der Waals surface area contributed by atoms with Gasteiger partial charge in [-0.1, -0.05) is 31.5 Å². The van der Waals surface area contributed by atoms with Crippen LogP contribution in [0.3, 0.4) is 0 Å². The Hall–Kier alpha value is -2.30. The van der Waals surface area contributed by atoms with E-state index < -0.39 is 0 Å². The summed E-state index contributed by atoms with van der Waals surface area (Å²) in [4.78, 5) is 14.0. The molecule has 0 aliphatic rings. The van der Waals surface area contributed by atoms with Crippen molar-refractivity contribution in [1.82, 2.24) is 10.2 Å². The SMILES string of the molecule is Cc1ccc(N(C)C(=O)c2n[nH]c(C(C)C)c2N)cc1. The van der Waals surface area contributed by atoms with Gasteiger partial charge in [-0.2, -0.15) is 5.10 Å². The molecule has 1 heterocycles.